The second-order valence-electron chi connectivity index (χ2n) is 4.65. The first kappa shape index (κ1) is 22.3. The van der Waals surface area contributed by atoms with Crippen LogP contribution in [0.1, 0.15) is 0 Å². The van der Waals surface area contributed by atoms with E-state index in [-0.39, 0.29) is 0 Å². The van der Waals surface area contributed by atoms with E-state index in [0.29, 0.717) is 0 Å². The van der Waals surface area contributed by atoms with Gasteiger partial charge in [-0.2, -0.15) is 0 Å². The Hall–Kier alpha value is 0.210. The molecule has 1 aliphatic carbocycles. The van der Waals surface area contributed by atoms with Gasteiger partial charge in [0.05, 0.1) is 0 Å². The highest BCUT2D eigenvalue weighted by atomic mass is 31.2. The van der Waals surface area contributed by atoms with Crippen LogP contribution in [0, 0.1) is 0 Å². The van der Waals surface area contributed by atoms with Crippen molar-refractivity contribution in [3.8, 4) is 0 Å². The minimum atomic E-state index is -5.43. The fourth-order valence-corrected chi connectivity index (χ4v) is 3.70. The van der Waals surface area contributed by atoms with Crippen LogP contribution in [0.3, 0.4) is 0 Å². The third-order valence-corrected chi connectivity index (χ3v) is 4.35. The van der Waals surface area contributed by atoms with Crippen molar-refractivity contribution >= 4 is 23.5 Å². The van der Waals surface area contributed by atoms with Crippen LogP contribution in [0.4, 0.5) is 0 Å². The summed E-state index contributed by atoms with van der Waals surface area (Å²) < 4.78 is 44.7. The molecule has 18 heteroatoms. The molecular formula is C6H15O15P3. The second-order valence-corrected chi connectivity index (χ2v) is 8.23. The average molecular weight is 420 g/mol. The third-order valence-electron chi connectivity index (χ3n) is 2.80. The molecule has 0 unspecified atom stereocenters. The van der Waals surface area contributed by atoms with Crippen molar-refractivity contribution in [1.82, 2.24) is 0 Å². The molecule has 1 aliphatic rings. The first-order chi connectivity index (χ1) is 10.5. The summed E-state index contributed by atoms with van der Waals surface area (Å²) in [5.41, 5.74) is 0. The molecule has 0 aromatic rings. The summed E-state index contributed by atoms with van der Waals surface area (Å²) in [6.07, 6.45) is -14.3. The van der Waals surface area contributed by atoms with Gasteiger partial charge in [-0.25, -0.2) is 13.7 Å². The van der Waals surface area contributed by atoms with E-state index in [4.69, 9.17) is 29.4 Å². The first-order valence-electron chi connectivity index (χ1n) is 5.78. The Morgan fingerprint density at radius 2 is 0.750 bits per heavy atom. The van der Waals surface area contributed by atoms with Gasteiger partial charge in [-0.1, -0.05) is 0 Å². The van der Waals surface area contributed by atoms with E-state index in [1.165, 1.54) is 0 Å². The minimum absolute atomic E-state index is 2.32. The van der Waals surface area contributed by atoms with Crippen LogP contribution in [-0.4, -0.2) is 81.3 Å². The molecule has 0 heterocycles. The van der Waals surface area contributed by atoms with Crippen LogP contribution in [0.2, 0.25) is 0 Å². The maximum absolute atomic E-state index is 10.9. The van der Waals surface area contributed by atoms with E-state index in [2.05, 4.69) is 13.6 Å². The third kappa shape index (κ3) is 6.50. The van der Waals surface area contributed by atoms with Crippen molar-refractivity contribution in [2.45, 2.75) is 36.6 Å². The number of phosphoric acid groups is 3. The number of hydrogen-bond donors (Lipinski definition) is 9. The second kappa shape index (κ2) is 7.45. The van der Waals surface area contributed by atoms with E-state index < -0.39 is 60.1 Å². The van der Waals surface area contributed by atoms with Gasteiger partial charge >= 0.3 is 23.5 Å². The number of phosphoric ester groups is 3. The van der Waals surface area contributed by atoms with Crippen LogP contribution in [0.25, 0.3) is 0 Å². The van der Waals surface area contributed by atoms with Gasteiger partial charge in [0, 0.05) is 0 Å². The predicted molar refractivity (Wildman–Crippen MR) is 68.8 cm³/mol. The van der Waals surface area contributed by atoms with Crippen molar-refractivity contribution in [3.05, 3.63) is 0 Å². The topological polar surface area (TPSA) is 261 Å². The Labute approximate surface area is 133 Å². The highest BCUT2D eigenvalue weighted by Gasteiger charge is 2.56. The van der Waals surface area contributed by atoms with E-state index in [9.17, 15) is 29.0 Å². The summed E-state index contributed by atoms with van der Waals surface area (Å²) >= 11 is 0. The van der Waals surface area contributed by atoms with Gasteiger partial charge in [0.2, 0.25) is 0 Å². The molecule has 0 saturated heterocycles. The summed E-state index contributed by atoms with van der Waals surface area (Å²) in [4.78, 5) is 52.4. The van der Waals surface area contributed by atoms with Gasteiger partial charge in [-0.3, -0.25) is 13.6 Å². The molecule has 0 radical (unpaired) electrons. The van der Waals surface area contributed by atoms with Crippen LogP contribution >= 0.6 is 23.5 Å². The molecule has 15 nitrogen and oxygen atoms in total. The minimum Gasteiger partial charge on any atom is -0.387 e. The van der Waals surface area contributed by atoms with Crippen molar-refractivity contribution in [2.24, 2.45) is 0 Å². The molecule has 1 rings (SSSR count). The number of rotatable bonds is 6. The molecule has 0 bridgehead atoms. The normalized spacial score (nSPS) is 35.9. The Morgan fingerprint density at radius 3 is 1.08 bits per heavy atom. The molecule has 9 N–H and O–H groups in total. The zero-order valence-electron chi connectivity index (χ0n) is 11.3. The zero-order valence-corrected chi connectivity index (χ0v) is 14.0. The zero-order chi connectivity index (χ0) is 19.1. The maximum atomic E-state index is 10.9. The lowest BCUT2D eigenvalue weighted by Gasteiger charge is -2.44. The molecule has 0 aromatic carbocycles. The van der Waals surface area contributed by atoms with Gasteiger partial charge in [0.25, 0.3) is 0 Å². The lowest BCUT2D eigenvalue weighted by molar-refractivity contribution is -0.212. The van der Waals surface area contributed by atoms with E-state index in [0.717, 1.165) is 0 Å². The summed E-state index contributed by atoms with van der Waals surface area (Å²) in [6.45, 7) is 0. The van der Waals surface area contributed by atoms with Gasteiger partial charge in [0.15, 0.2) is 0 Å². The molecule has 0 aliphatic heterocycles. The van der Waals surface area contributed by atoms with Crippen LogP contribution < -0.4 is 0 Å². The Balaban J connectivity index is 3.23. The molecule has 0 amide bonds. The van der Waals surface area contributed by atoms with Crippen molar-refractivity contribution in [1.29, 1.82) is 0 Å². The molecular weight excluding hydrogens is 405 g/mol. The summed E-state index contributed by atoms with van der Waals surface area (Å²) in [7, 11) is -16.2. The van der Waals surface area contributed by atoms with Crippen LogP contribution in [-0.2, 0) is 27.3 Å². The van der Waals surface area contributed by atoms with E-state index in [1.807, 2.05) is 0 Å². The summed E-state index contributed by atoms with van der Waals surface area (Å²) in [5.74, 6) is 0. The number of aliphatic hydroxyl groups excluding tert-OH is 3. The number of hydrogen-bond acceptors (Lipinski definition) is 9. The van der Waals surface area contributed by atoms with Crippen LogP contribution in [0.5, 0.6) is 0 Å². The van der Waals surface area contributed by atoms with Gasteiger partial charge < -0.3 is 44.7 Å². The lowest BCUT2D eigenvalue weighted by atomic mass is 9.85. The molecule has 24 heavy (non-hydrogen) atoms. The average Bonchev–Trinajstić information content (AvgIpc) is 2.32. The molecule has 6 atom stereocenters. The molecule has 0 aromatic heterocycles. The standard InChI is InChI=1S/C6H15O15P3/c7-1-2(8)5(20-23(13,14)15)6(21-24(16,17)18)3(9)4(1)19-22(10,11)12/h1-9H,(H2,10,11,12)(H2,13,14,15)(H2,16,17,18)/t1-,2-,3-,4-,5-,6-/m1/s1. The fraction of sp³-hybridized carbons (Fsp3) is 1.00. The van der Waals surface area contributed by atoms with Crippen LogP contribution in [0.15, 0.2) is 0 Å². The smallest absolute Gasteiger partial charge is 0.387 e. The quantitative estimate of drug-likeness (QED) is 0.189. The van der Waals surface area contributed by atoms with Crippen molar-refractivity contribution < 1.29 is 71.9 Å². The molecule has 144 valence electrons. The largest absolute Gasteiger partial charge is 0.470 e. The molecule has 0 spiro atoms. The lowest BCUT2D eigenvalue weighted by Crippen LogP contribution is -2.65. The van der Waals surface area contributed by atoms with Gasteiger partial charge in [-0.15, -0.1) is 0 Å². The molecule has 1 saturated carbocycles. The van der Waals surface area contributed by atoms with E-state index in [1.54, 1.807) is 0 Å². The van der Waals surface area contributed by atoms with Gasteiger partial charge in [-0.05, 0) is 0 Å². The maximum Gasteiger partial charge on any atom is 0.470 e. The van der Waals surface area contributed by atoms with Crippen molar-refractivity contribution in [3.63, 3.8) is 0 Å². The summed E-state index contributed by atoms with van der Waals surface area (Å²) in [5, 5.41) is 29.3. The summed E-state index contributed by atoms with van der Waals surface area (Å²) in [6, 6.07) is 0. The highest BCUT2D eigenvalue weighted by molar-refractivity contribution is 7.46. The predicted octanol–water partition coefficient (Wildman–Crippen LogP) is -3.48. The number of aliphatic hydroxyl groups is 3. The van der Waals surface area contributed by atoms with Crippen molar-refractivity contribution in [2.75, 3.05) is 0 Å². The monoisotopic (exact) mass is 420 g/mol. The fourth-order valence-electron chi connectivity index (χ4n) is 2.01. The Morgan fingerprint density at radius 1 is 0.500 bits per heavy atom. The first-order valence-corrected chi connectivity index (χ1v) is 10.4. The highest BCUT2D eigenvalue weighted by Crippen LogP contribution is 2.49. The van der Waals surface area contributed by atoms with Gasteiger partial charge in [0.1, 0.15) is 36.6 Å². The van der Waals surface area contributed by atoms with E-state index >= 15 is 0 Å². The Bertz CT molecular complexity index is 574. The molecule has 1 fully saturated rings. The SMILES string of the molecule is O=P(O)(O)O[C@@H]1[C@H](O)[C@@H](O)[C@@H](OP(=O)(O)O)[C@H](OP(=O)(O)O)[C@@H]1O. The Kier molecular flexibility index (Phi) is 6.90.